The molecule has 1 N–H and O–H groups in total. The van der Waals surface area contributed by atoms with E-state index in [0.717, 1.165) is 4.31 Å². The molecule has 1 amide bonds. The van der Waals surface area contributed by atoms with E-state index in [1.54, 1.807) is 55.5 Å². The zero-order valence-corrected chi connectivity index (χ0v) is 22.3. The van der Waals surface area contributed by atoms with Gasteiger partial charge in [0.1, 0.15) is 6.54 Å². The predicted octanol–water partition coefficient (Wildman–Crippen LogP) is 4.77. The lowest BCUT2D eigenvalue weighted by Crippen LogP contribution is -2.40. The number of hydrazone groups is 1. The van der Waals surface area contributed by atoms with E-state index in [-0.39, 0.29) is 4.90 Å². The number of rotatable bonds is 9. The first-order valence-electron chi connectivity index (χ1n) is 10.2. The average Bonchev–Trinajstić information content (AvgIpc) is 2.83. The molecule has 0 heterocycles. The number of methoxy groups -OCH3 is 2. The number of aryl methyl sites for hydroxylation is 1. The second kappa shape index (κ2) is 11.6. The van der Waals surface area contributed by atoms with Crippen molar-refractivity contribution in [2.75, 3.05) is 25.1 Å². The van der Waals surface area contributed by atoms with Gasteiger partial charge in [-0.2, -0.15) is 5.10 Å². The summed E-state index contributed by atoms with van der Waals surface area (Å²) in [5.74, 6) is 0.372. The van der Waals surface area contributed by atoms with Crippen molar-refractivity contribution in [3.8, 4) is 11.5 Å². The van der Waals surface area contributed by atoms with E-state index in [1.165, 1.54) is 32.6 Å². The number of hydrogen-bond donors (Lipinski definition) is 1. The third kappa shape index (κ3) is 6.33. The second-order valence-corrected chi connectivity index (χ2v) is 10.4. The number of halogens is 2. The first kappa shape index (κ1) is 26.5. The molecule has 184 valence electrons. The molecule has 0 saturated carbocycles. The number of anilines is 1. The van der Waals surface area contributed by atoms with Crippen LogP contribution in [0.15, 0.2) is 75.1 Å². The lowest BCUT2D eigenvalue weighted by atomic mass is 10.2. The van der Waals surface area contributed by atoms with Crippen LogP contribution < -0.4 is 19.2 Å². The van der Waals surface area contributed by atoms with Crippen molar-refractivity contribution < 1.29 is 22.7 Å². The highest BCUT2D eigenvalue weighted by atomic mass is 79.9. The van der Waals surface area contributed by atoms with E-state index in [1.807, 2.05) is 0 Å². The Morgan fingerprint density at radius 2 is 1.83 bits per heavy atom. The van der Waals surface area contributed by atoms with Crippen LogP contribution in [0.2, 0.25) is 5.02 Å². The van der Waals surface area contributed by atoms with Gasteiger partial charge in [0.05, 0.1) is 35.5 Å². The van der Waals surface area contributed by atoms with Crippen LogP contribution in [-0.4, -0.2) is 41.3 Å². The molecule has 0 aliphatic rings. The van der Waals surface area contributed by atoms with Crippen molar-refractivity contribution >= 4 is 55.4 Å². The summed E-state index contributed by atoms with van der Waals surface area (Å²) in [6.45, 7) is 1.23. The lowest BCUT2D eigenvalue weighted by molar-refractivity contribution is -0.119. The van der Waals surface area contributed by atoms with Gasteiger partial charge < -0.3 is 9.47 Å². The number of amides is 1. The Kier molecular flexibility index (Phi) is 8.76. The minimum Gasteiger partial charge on any atom is -0.493 e. The van der Waals surface area contributed by atoms with Crippen LogP contribution in [0.25, 0.3) is 0 Å². The van der Waals surface area contributed by atoms with Crippen LogP contribution in [0.4, 0.5) is 5.69 Å². The molecule has 3 aromatic rings. The summed E-state index contributed by atoms with van der Waals surface area (Å²) in [7, 11) is -1.01. The van der Waals surface area contributed by atoms with Crippen molar-refractivity contribution in [1.82, 2.24) is 5.43 Å². The van der Waals surface area contributed by atoms with E-state index in [2.05, 4.69) is 26.5 Å². The molecule has 0 aliphatic carbocycles. The summed E-state index contributed by atoms with van der Waals surface area (Å²) in [6, 6.07) is 16.1. The van der Waals surface area contributed by atoms with Crippen LogP contribution >= 0.6 is 27.5 Å². The zero-order chi connectivity index (χ0) is 25.6. The molecule has 0 saturated heterocycles. The van der Waals surface area contributed by atoms with Gasteiger partial charge in [-0.25, -0.2) is 13.8 Å². The summed E-state index contributed by atoms with van der Waals surface area (Å²) < 4.78 is 39.1. The Hall–Kier alpha value is -3.08. The maximum absolute atomic E-state index is 13.4. The highest BCUT2D eigenvalue weighted by molar-refractivity contribution is 9.10. The fourth-order valence-electron chi connectivity index (χ4n) is 3.28. The fraction of sp³-hybridized carbons (Fsp3) is 0.167. The summed E-state index contributed by atoms with van der Waals surface area (Å²) in [6.07, 6.45) is 1.41. The van der Waals surface area contributed by atoms with E-state index >= 15 is 0 Å². The minimum absolute atomic E-state index is 0.0563. The van der Waals surface area contributed by atoms with Crippen LogP contribution in [0.3, 0.4) is 0 Å². The number of benzene rings is 3. The van der Waals surface area contributed by atoms with Gasteiger partial charge in [-0.3, -0.25) is 9.10 Å². The van der Waals surface area contributed by atoms with Gasteiger partial charge >= 0.3 is 0 Å². The smallest absolute Gasteiger partial charge is 0.264 e. The van der Waals surface area contributed by atoms with Crippen molar-refractivity contribution in [3.63, 3.8) is 0 Å². The molecule has 8 nitrogen and oxygen atoms in total. The quantitative estimate of drug-likeness (QED) is 0.290. The van der Waals surface area contributed by atoms with Crippen LogP contribution in [0, 0.1) is 6.92 Å². The van der Waals surface area contributed by atoms with Gasteiger partial charge in [0, 0.05) is 5.02 Å². The molecular weight excluding hydrogens is 558 g/mol. The fourth-order valence-corrected chi connectivity index (χ4v) is 5.63. The second-order valence-electron chi connectivity index (χ2n) is 7.29. The molecule has 35 heavy (non-hydrogen) atoms. The first-order valence-corrected chi connectivity index (χ1v) is 12.9. The highest BCUT2D eigenvalue weighted by Gasteiger charge is 2.28. The molecule has 3 aromatic carbocycles. The van der Waals surface area contributed by atoms with E-state index in [9.17, 15) is 13.2 Å². The van der Waals surface area contributed by atoms with Gasteiger partial charge in [0.2, 0.25) is 0 Å². The van der Waals surface area contributed by atoms with Gasteiger partial charge in [-0.05, 0) is 76.4 Å². The number of nitrogens with zero attached hydrogens (tertiary/aromatic N) is 2. The van der Waals surface area contributed by atoms with E-state index < -0.39 is 22.5 Å². The van der Waals surface area contributed by atoms with Gasteiger partial charge in [-0.15, -0.1) is 0 Å². The number of hydrogen-bond acceptors (Lipinski definition) is 6. The Morgan fingerprint density at radius 3 is 2.46 bits per heavy atom. The van der Waals surface area contributed by atoms with Gasteiger partial charge in [0.15, 0.2) is 11.5 Å². The molecule has 3 rings (SSSR count). The summed E-state index contributed by atoms with van der Waals surface area (Å²) in [5, 5.41) is 4.42. The number of carbonyl (C=O) groups is 1. The molecule has 0 atom stereocenters. The van der Waals surface area contributed by atoms with Crippen LogP contribution in [-0.2, 0) is 14.8 Å². The number of ether oxygens (including phenoxy) is 2. The molecule has 0 unspecified atom stereocenters. The Morgan fingerprint density at radius 1 is 1.11 bits per heavy atom. The van der Waals surface area contributed by atoms with Crippen molar-refractivity contribution in [1.29, 1.82) is 0 Å². The predicted molar refractivity (Wildman–Crippen MR) is 140 cm³/mol. The highest BCUT2D eigenvalue weighted by Crippen LogP contribution is 2.35. The molecule has 0 fully saturated rings. The van der Waals surface area contributed by atoms with Crippen molar-refractivity contribution in [3.05, 3.63) is 81.3 Å². The zero-order valence-electron chi connectivity index (χ0n) is 19.2. The monoisotopic (exact) mass is 579 g/mol. The SMILES string of the molecule is COc1cc(/C=N/NC(=O)CN(c2ccc(Cl)cc2C)S(=O)(=O)c2ccccc2)cc(Br)c1OC. The first-order chi connectivity index (χ1) is 16.7. The van der Waals surface area contributed by atoms with E-state index in [0.29, 0.717) is 37.8 Å². The molecule has 0 spiro atoms. The summed E-state index contributed by atoms with van der Waals surface area (Å²) in [5.41, 5.74) is 3.94. The molecule has 0 bridgehead atoms. The third-order valence-corrected chi connectivity index (χ3v) is 7.50. The van der Waals surface area contributed by atoms with Gasteiger partial charge in [0.25, 0.3) is 15.9 Å². The summed E-state index contributed by atoms with van der Waals surface area (Å²) >= 11 is 9.45. The molecule has 0 radical (unpaired) electrons. The van der Waals surface area contributed by atoms with Crippen molar-refractivity contribution in [2.24, 2.45) is 5.10 Å². The van der Waals surface area contributed by atoms with Crippen LogP contribution in [0.1, 0.15) is 11.1 Å². The Labute approximate surface area is 217 Å². The Bertz CT molecular complexity index is 1350. The summed E-state index contributed by atoms with van der Waals surface area (Å²) in [4.78, 5) is 12.8. The normalized spacial score (nSPS) is 11.3. The van der Waals surface area contributed by atoms with Crippen LogP contribution in [0.5, 0.6) is 11.5 Å². The standard InChI is InChI=1S/C24H23BrClN3O5S/c1-16-11-18(26)9-10-21(16)29(35(31,32)19-7-5-4-6-8-19)15-23(30)28-27-14-17-12-20(25)24(34-3)22(13-17)33-2/h4-14H,15H2,1-3H3,(H,28,30)/b27-14+. The number of nitrogens with one attached hydrogen (secondary N) is 1. The minimum atomic E-state index is -4.04. The molecule has 0 aliphatic heterocycles. The number of sulfonamides is 1. The Balaban J connectivity index is 1.86. The third-order valence-electron chi connectivity index (χ3n) is 4.90. The largest absolute Gasteiger partial charge is 0.493 e. The van der Waals surface area contributed by atoms with Gasteiger partial charge in [-0.1, -0.05) is 29.8 Å². The topological polar surface area (TPSA) is 97.3 Å². The van der Waals surface area contributed by atoms with Crippen molar-refractivity contribution in [2.45, 2.75) is 11.8 Å². The average molecular weight is 581 g/mol. The maximum Gasteiger partial charge on any atom is 0.264 e. The lowest BCUT2D eigenvalue weighted by Gasteiger charge is -2.25. The molecule has 11 heteroatoms. The molecular formula is C24H23BrClN3O5S. The van der Waals surface area contributed by atoms with E-state index in [4.69, 9.17) is 21.1 Å². The maximum atomic E-state index is 13.4. The molecule has 0 aromatic heterocycles. The number of carbonyl (C=O) groups excluding carboxylic acids is 1.